The van der Waals surface area contributed by atoms with E-state index in [0.717, 1.165) is 29.9 Å². The average molecular weight is 150 g/mol. The molecule has 0 unspecified atom stereocenters. The smallest absolute Gasteiger partial charge is 0.253 e. The molecule has 1 aliphatic rings. The van der Waals surface area contributed by atoms with E-state index in [-0.39, 0.29) is 5.91 Å². The van der Waals surface area contributed by atoms with Gasteiger partial charge in [-0.15, -0.1) is 0 Å². The third-order valence-electron chi connectivity index (χ3n) is 1.94. The molecule has 2 heterocycles. The van der Waals surface area contributed by atoms with Crippen molar-refractivity contribution in [1.29, 1.82) is 0 Å². The molecule has 0 radical (unpaired) electrons. The number of aryl methyl sites for hydroxylation is 1. The molecule has 0 spiro atoms. The van der Waals surface area contributed by atoms with Gasteiger partial charge in [0.05, 0.1) is 5.56 Å². The van der Waals surface area contributed by atoms with Crippen LogP contribution in [-0.4, -0.2) is 17.4 Å². The van der Waals surface area contributed by atoms with Crippen LogP contribution in [0.4, 0.5) is 0 Å². The molecule has 3 heteroatoms. The van der Waals surface area contributed by atoms with E-state index < -0.39 is 0 Å². The van der Waals surface area contributed by atoms with E-state index in [1.54, 1.807) is 0 Å². The number of carbonyl (C=O) groups excluding carboxylic acids is 1. The molecule has 0 fully saturated rings. The maximum Gasteiger partial charge on any atom is 0.253 e. The highest BCUT2D eigenvalue weighted by Gasteiger charge is 2.17. The zero-order valence-electron chi connectivity index (χ0n) is 6.40. The van der Waals surface area contributed by atoms with Gasteiger partial charge in [0.1, 0.15) is 0 Å². The third-order valence-corrected chi connectivity index (χ3v) is 1.94. The lowest BCUT2D eigenvalue weighted by Crippen LogP contribution is -2.31. The highest BCUT2D eigenvalue weighted by Crippen LogP contribution is 2.13. The molecule has 0 saturated heterocycles. The van der Waals surface area contributed by atoms with Crippen molar-refractivity contribution >= 4 is 5.91 Å². The number of rotatable bonds is 0. The van der Waals surface area contributed by atoms with E-state index in [9.17, 15) is 4.79 Å². The number of carbonyl (C=O) groups is 1. The highest BCUT2D eigenvalue weighted by molar-refractivity contribution is 5.96. The minimum absolute atomic E-state index is 0.0515. The van der Waals surface area contributed by atoms with Gasteiger partial charge in [-0.1, -0.05) is 0 Å². The third kappa shape index (κ3) is 0.926. The fourth-order valence-corrected chi connectivity index (χ4v) is 1.44. The van der Waals surface area contributed by atoms with Crippen molar-refractivity contribution in [1.82, 2.24) is 10.3 Å². The molecule has 3 nitrogen and oxygen atoms in total. The molecule has 0 aromatic carbocycles. The highest BCUT2D eigenvalue weighted by atomic mass is 16.1. The van der Waals surface area contributed by atoms with Crippen LogP contribution in [0.3, 0.4) is 0 Å². The van der Waals surface area contributed by atoms with Gasteiger partial charge in [-0.05, 0) is 13.0 Å². The van der Waals surface area contributed by atoms with Crippen molar-refractivity contribution in [2.75, 3.05) is 6.54 Å². The molecule has 11 heavy (non-hydrogen) atoms. The van der Waals surface area contributed by atoms with E-state index in [2.05, 4.69) is 10.3 Å². The van der Waals surface area contributed by atoms with E-state index in [1.165, 1.54) is 0 Å². The molecular weight excluding hydrogens is 140 g/mol. The molecule has 1 aromatic heterocycles. The van der Waals surface area contributed by atoms with Crippen molar-refractivity contribution < 1.29 is 4.79 Å². The van der Waals surface area contributed by atoms with Crippen molar-refractivity contribution in [2.24, 2.45) is 0 Å². The molecule has 0 aliphatic carbocycles. The Labute approximate surface area is 64.8 Å². The van der Waals surface area contributed by atoms with Crippen molar-refractivity contribution in [3.05, 3.63) is 23.0 Å². The number of amides is 1. The van der Waals surface area contributed by atoms with Gasteiger partial charge >= 0.3 is 0 Å². The Bertz CT molecular complexity index is 301. The SMILES string of the molecule is Cc1cc2c([nH]1)CCNC2=O. The Kier molecular flexibility index (Phi) is 1.24. The van der Waals surface area contributed by atoms with Gasteiger partial charge in [0, 0.05) is 24.4 Å². The molecule has 2 N–H and O–H groups in total. The molecule has 58 valence electrons. The minimum atomic E-state index is 0.0515. The molecule has 0 bridgehead atoms. The topological polar surface area (TPSA) is 44.9 Å². The zero-order chi connectivity index (χ0) is 7.84. The monoisotopic (exact) mass is 150 g/mol. The number of H-pyrrole nitrogens is 1. The predicted molar refractivity (Wildman–Crippen MR) is 41.6 cm³/mol. The van der Waals surface area contributed by atoms with Crippen molar-refractivity contribution in [3.63, 3.8) is 0 Å². The first-order chi connectivity index (χ1) is 5.27. The Morgan fingerprint density at radius 3 is 3.09 bits per heavy atom. The summed E-state index contributed by atoms with van der Waals surface area (Å²) in [5.74, 6) is 0.0515. The number of hydrogen-bond acceptors (Lipinski definition) is 1. The Morgan fingerprint density at radius 2 is 2.36 bits per heavy atom. The summed E-state index contributed by atoms with van der Waals surface area (Å²) in [5, 5.41) is 2.79. The molecule has 0 saturated carbocycles. The van der Waals surface area contributed by atoms with E-state index >= 15 is 0 Å². The second-order valence-corrected chi connectivity index (χ2v) is 2.85. The number of nitrogens with one attached hydrogen (secondary N) is 2. The largest absolute Gasteiger partial charge is 0.362 e. The van der Waals surface area contributed by atoms with Crippen LogP contribution >= 0.6 is 0 Å². The Hall–Kier alpha value is -1.25. The molecule has 1 aromatic rings. The van der Waals surface area contributed by atoms with Gasteiger partial charge in [-0.2, -0.15) is 0 Å². The van der Waals surface area contributed by atoms with Crippen molar-refractivity contribution in [2.45, 2.75) is 13.3 Å². The second-order valence-electron chi connectivity index (χ2n) is 2.85. The van der Waals surface area contributed by atoms with E-state index in [1.807, 2.05) is 13.0 Å². The lowest BCUT2D eigenvalue weighted by atomic mass is 10.1. The summed E-state index contributed by atoms with van der Waals surface area (Å²) in [6.07, 6.45) is 0.926. The summed E-state index contributed by atoms with van der Waals surface area (Å²) in [4.78, 5) is 14.3. The Morgan fingerprint density at radius 1 is 1.55 bits per heavy atom. The van der Waals surface area contributed by atoms with Gasteiger partial charge in [0.2, 0.25) is 0 Å². The summed E-state index contributed by atoms with van der Waals surface area (Å²) in [5.41, 5.74) is 2.95. The fourth-order valence-electron chi connectivity index (χ4n) is 1.44. The average Bonchev–Trinajstić information content (AvgIpc) is 2.31. The summed E-state index contributed by atoms with van der Waals surface area (Å²) < 4.78 is 0. The maximum atomic E-state index is 11.2. The first-order valence-electron chi connectivity index (χ1n) is 3.74. The molecule has 1 amide bonds. The standard InChI is InChI=1S/C8H10N2O/c1-5-4-6-7(10-5)2-3-9-8(6)11/h4,10H,2-3H2,1H3,(H,9,11). The number of aromatic amines is 1. The lowest BCUT2D eigenvalue weighted by molar-refractivity contribution is 0.0946. The summed E-state index contributed by atoms with van der Waals surface area (Å²) in [6, 6.07) is 1.89. The maximum absolute atomic E-state index is 11.2. The normalized spacial score (nSPS) is 15.9. The lowest BCUT2D eigenvalue weighted by Gasteiger charge is -2.10. The van der Waals surface area contributed by atoms with Crippen LogP contribution in [0.2, 0.25) is 0 Å². The summed E-state index contributed by atoms with van der Waals surface area (Å²) in [6.45, 7) is 2.72. The van der Waals surface area contributed by atoms with Gasteiger partial charge in [0.15, 0.2) is 0 Å². The van der Waals surface area contributed by atoms with Crippen LogP contribution in [0.15, 0.2) is 6.07 Å². The number of hydrogen-bond donors (Lipinski definition) is 2. The quantitative estimate of drug-likeness (QED) is 0.559. The van der Waals surface area contributed by atoms with Crippen molar-refractivity contribution in [3.8, 4) is 0 Å². The molecule has 1 aliphatic heterocycles. The second kappa shape index (κ2) is 2.12. The van der Waals surface area contributed by atoms with Gasteiger partial charge in [0.25, 0.3) is 5.91 Å². The minimum Gasteiger partial charge on any atom is -0.362 e. The van der Waals surface area contributed by atoms with Crippen LogP contribution < -0.4 is 5.32 Å². The molecule has 2 rings (SSSR count). The van der Waals surface area contributed by atoms with Crippen LogP contribution in [0.25, 0.3) is 0 Å². The Balaban J connectivity index is 2.52. The number of fused-ring (bicyclic) bond motifs is 1. The van der Waals surface area contributed by atoms with Crippen LogP contribution in [0.1, 0.15) is 21.7 Å². The molecule has 0 atom stereocenters. The van der Waals surface area contributed by atoms with Crippen LogP contribution in [0, 0.1) is 6.92 Å². The summed E-state index contributed by atoms with van der Waals surface area (Å²) >= 11 is 0. The van der Waals surface area contributed by atoms with Crippen LogP contribution in [-0.2, 0) is 6.42 Å². The van der Waals surface area contributed by atoms with Gasteiger partial charge < -0.3 is 10.3 Å². The van der Waals surface area contributed by atoms with E-state index in [4.69, 9.17) is 0 Å². The number of aromatic nitrogens is 1. The van der Waals surface area contributed by atoms with Gasteiger partial charge in [-0.25, -0.2) is 0 Å². The first-order valence-corrected chi connectivity index (χ1v) is 3.74. The van der Waals surface area contributed by atoms with E-state index in [0.29, 0.717) is 0 Å². The van der Waals surface area contributed by atoms with Crippen LogP contribution in [0.5, 0.6) is 0 Å². The fraction of sp³-hybridized carbons (Fsp3) is 0.375. The first kappa shape index (κ1) is 6.46. The predicted octanol–water partition coefficient (Wildman–Crippen LogP) is 0.609. The molecular formula is C8H10N2O. The zero-order valence-corrected chi connectivity index (χ0v) is 6.40. The van der Waals surface area contributed by atoms with Gasteiger partial charge in [-0.3, -0.25) is 4.79 Å². The summed E-state index contributed by atoms with van der Waals surface area (Å²) in [7, 11) is 0.